The number of rotatable bonds is 8. The van der Waals surface area contributed by atoms with Gasteiger partial charge in [0.1, 0.15) is 16.4 Å². The average Bonchev–Trinajstić information content (AvgIpc) is 2.68. The number of nitrogens with zero attached hydrogens (tertiary/aromatic N) is 2. The SMILES string of the molecule is CCNCc1c(C)oc(C)c1S(=O)(=O)N(C)CCN(C)C. The maximum Gasteiger partial charge on any atom is 0.246 e. The van der Waals surface area contributed by atoms with Crippen molar-refractivity contribution in [2.45, 2.75) is 32.2 Å². The van der Waals surface area contributed by atoms with Crippen molar-refractivity contribution in [2.24, 2.45) is 0 Å². The molecule has 122 valence electrons. The van der Waals surface area contributed by atoms with Gasteiger partial charge in [-0.3, -0.25) is 0 Å². The summed E-state index contributed by atoms with van der Waals surface area (Å²) in [6, 6.07) is 0. The van der Waals surface area contributed by atoms with Gasteiger partial charge in [0.25, 0.3) is 0 Å². The Labute approximate surface area is 128 Å². The molecular formula is C14H27N3O3S. The van der Waals surface area contributed by atoms with E-state index < -0.39 is 10.0 Å². The molecule has 0 atom stereocenters. The predicted octanol–water partition coefficient (Wildman–Crippen LogP) is 1.19. The van der Waals surface area contributed by atoms with E-state index in [-0.39, 0.29) is 0 Å². The van der Waals surface area contributed by atoms with E-state index in [1.807, 2.05) is 25.9 Å². The van der Waals surface area contributed by atoms with Crippen molar-refractivity contribution in [3.05, 3.63) is 17.1 Å². The second kappa shape index (κ2) is 7.40. The first-order valence-corrected chi connectivity index (χ1v) is 8.56. The molecule has 0 saturated heterocycles. The number of nitrogens with one attached hydrogen (secondary N) is 1. The summed E-state index contributed by atoms with van der Waals surface area (Å²) >= 11 is 0. The predicted molar refractivity (Wildman–Crippen MR) is 83.9 cm³/mol. The van der Waals surface area contributed by atoms with Crippen molar-refractivity contribution < 1.29 is 12.8 Å². The maximum atomic E-state index is 12.8. The molecule has 1 rings (SSSR count). The molecule has 21 heavy (non-hydrogen) atoms. The van der Waals surface area contributed by atoms with Crippen molar-refractivity contribution in [2.75, 3.05) is 40.8 Å². The molecule has 0 radical (unpaired) electrons. The van der Waals surface area contributed by atoms with Gasteiger partial charge in [-0.05, 0) is 34.5 Å². The van der Waals surface area contributed by atoms with Crippen molar-refractivity contribution in [1.82, 2.24) is 14.5 Å². The number of hydrogen-bond acceptors (Lipinski definition) is 5. The molecule has 6 nitrogen and oxygen atoms in total. The zero-order valence-electron chi connectivity index (χ0n) is 13.9. The van der Waals surface area contributed by atoms with Crippen LogP contribution in [0.15, 0.2) is 9.31 Å². The Morgan fingerprint density at radius 3 is 2.24 bits per heavy atom. The van der Waals surface area contributed by atoms with E-state index in [0.717, 1.165) is 12.1 Å². The van der Waals surface area contributed by atoms with Gasteiger partial charge in [-0.15, -0.1) is 0 Å². The Bertz CT molecular complexity index is 564. The molecule has 7 heteroatoms. The average molecular weight is 317 g/mol. The third-order valence-corrected chi connectivity index (χ3v) is 5.46. The highest BCUT2D eigenvalue weighted by Crippen LogP contribution is 2.28. The molecule has 1 aromatic heterocycles. The summed E-state index contributed by atoms with van der Waals surface area (Å²) in [6.45, 7) is 7.89. The van der Waals surface area contributed by atoms with E-state index in [9.17, 15) is 8.42 Å². The molecule has 0 fully saturated rings. The molecule has 0 aliphatic rings. The summed E-state index contributed by atoms with van der Waals surface area (Å²) < 4.78 is 32.5. The number of likely N-dealkylation sites (N-methyl/N-ethyl adjacent to an activating group) is 2. The standard InChI is InChI=1S/C14H27N3O3S/c1-7-15-10-13-11(2)20-12(3)14(13)21(18,19)17(6)9-8-16(4)5/h15H,7-10H2,1-6H3. The monoisotopic (exact) mass is 317 g/mol. The quantitative estimate of drug-likeness (QED) is 0.780. The molecule has 0 aromatic carbocycles. The lowest BCUT2D eigenvalue weighted by Gasteiger charge is -2.20. The summed E-state index contributed by atoms with van der Waals surface area (Å²) in [7, 11) is 1.92. The minimum Gasteiger partial charge on any atom is -0.465 e. The van der Waals surface area contributed by atoms with Crippen LogP contribution in [0.2, 0.25) is 0 Å². The fraction of sp³-hybridized carbons (Fsp3) is 0.714. The number of furan rings is 1. The van der Waals surface area contributed by atoms with Gasteiger partial charge in [0.15, 0.2) is 0 Å². The van der Waals surface area contributed by atoms with Crippen molar-refractivity contribution in [3.8, 4) is 0 Å². The Morgan fingerprint density at radius 2 is 1.71 bits per heavy atom. The van der Waals surface area contributed by atoms with Crippen LogP contribution in [-0.2, 0) is 16.6 Å². The molecule has 0 aliphatic heterocycles. The van der Waals surface area contributed by atoms with E-state index in [0.29, 0.717) is 36.1 Å². The molecule has 0 unspecified atom stereocenters. The number of hydrogen-bond donors (Lipinski definition) is 1. The lowest BCUT2D eigenvalue weighted by atomic mass is 10.2. The Kier molecular flexibility index (Phi) is 6.40. The Hall–Kier alpha value is -0.890. The van der Waals surface area contributed by atoms with Gasteiger partial charge in [0.05, 0.1) is 0 Å². The van der Waals surface area contributed by atoms with Crippen LogP contribution in [0.3, 0.4) is 0 Å². The van der Waals surface area contributed by atoms with Gasteiger partial charge in [-0.1, -0.05) is 6.92 Å². The summed E-state index contributed by atoms with van der Waals surface area (Å²) in [5.41, 5.74) is 0.728. The molecular weight excluding hydrogens is 290 g/mol. The zero-order chi connectivity index (χ0) is 16.2. The highest BCUT2D eigenvalue weighted by molar-refractivity contribution is 7.89. The van der Waals surface area contributed by atoms with Crippen LogP contribution in [0.25, 0.3) is 0 Å². The molecule has 1 aromatic rings. The first-order valence-electron chi connectivity index (χ1n) is 7.12. The van der Waals surface area contributed by atoms with Gasteiger partial charge in [0.2, 0.25) is 10.0 Å². The number of aryl methyl sites for hydroxylation is 2. The van der Waals surface area contributed by atoms with Crippen molar-refractivity contribution in [1.29, 1.82) is 0 Å². The molecule has 0 aliphatic carbocycles. The Balaban J connectivity index is 3.12. The van der Waals surface area contributed by atoms with E-state index in [1.165, 1.54) is 4.31 Å². The molecule has 1 N–H and O–H groups in total. The Morgan fingerprint density at radius 1 is 1.10 bits per heavy atom. The van der Waals surface area contributed by atoms with Gasteiger partial charge >= 0.3 is 0 Å². The second-order valence-electron chi connectivity index (χ2n) is 5.43. The highest BCUT2D eigenvalue weighted by Gasteiger charge is 2.30. The van der Waals surface area contributed by atoms with Crippen LogP contribution >= 0.6 is 0 Å². The largest absolute Gasteiger partial charge is 0.465 e. The topological polar surface area (TPSA) is 65.8 Å². The van der Waals surface area contributed by atoms with Crippen LogP contribution in [0.4, 0.5) is 0 Å². The fourth-order valence-corrected chi connectivity index (χ4v) is 3.68. The third-order valence-electron chi connectivity index (χ3n) is 3.41. The normalized spacial score (nSPS) is 12.6. The van der Waals surface area contributed by atoms with E-state index in [1.54, 1.807) is 20.9 Å². The summed E-state index contributed by atoms with van der Waals surface area (Å²) in [4.78, 5) is 2.26. The van der Waals surface area contributed by atoms with E-state index in [4.69, 9.17) is 4.42 Å². The van der Waals surface area contributed by atoms with Crippen LogP contribution in [-0.4, -0.2) is 58.4 Å². The smallest absolute Gasteiger partial charge is 0.246 e. The van der Waals surface area contributed by atoms with Crippen LogP contribution in [0, 0.1) is 13.8 Å². The van der Waals surface area contributed by atoms with E-state index in [2.05, 4.69) is 5.32 Å². The van der Waals surface area contributed by atoms with Crippen molar-refractivity contribution >= 4 is 10.0 Å². The summed E-state index contributed by atoms with van der Waals surface area (Å²) in [5, 5.41) is 3.17. The highest BCUT2D eigenvalue weighted by atomic mass is 32.2. The number of sulfonamides is 1. The molecule has 0 bridgehead atoms. The van der Waals surface area contributed by atoms with Gasteiger partial charge in [0, 0.05) is 32.2 Å². The zero-order valence-corrected chi connectivity index (χ0v) is 14.7. The van der Waals surface area contributed by atoms with Crippen LogP contribution < -0.4 is 5.32 Å². The molecule has 1 heterocycles. The van der Waals surface area contributed by atoms with Crippen LogP contribution in [0.1, 0.15) is 24.0 Å². The van der Waals surface area contributed by atoms with Gasteiger partial charge < -0.3 is 14.6 Å². The molecule has 0 spiro atoms. The fourth-order valence-electron chi connectivity index (χ4n) is 2.12. The summed E-state index contributed by atoms with van der Waals surface area (Å²) in [6.07, 6.45) is 0. The first kappa shape index (κ1) is 18.2. The third kappa shape index (κ3) is 4.29. The molecule has 0 saturated carbocycles. The first-order chi connectivity index (χ1) is 9.71. The second-order valence-corrected chi connectivity index (χ2v) is 7.41. The van der Waals surface area contributed by atoms with E-state index >= 15 is 0 Å². The summed E-state index contributed by atoms with van der Waals surface area (Å²) in [5.74, 6) is 1.12. The lowest BCUT2D eigenvalue weighted by Crippen LogP contribution is -2.34. The minimum absolute atomic E-state index is 0.308. The van der Waals surface area contributed by atoms with Crippen LogP contribution in [0.5, 0.6) is 0 Å². The lowest BCUT2D eigenvalue weighted by molar-refractivity contribution is 0.358. The van der Waals surface area contributed by atoms with Gasteiger partial charge in [-0.2, -0.15) is 4.31 Å². The minimum atomic E-state index is -3.53. The molecule has 0 amide bonds. The maximum absolute atomic E-state index is 12.8. The van der Waals surface area contributed by atoms with Crippen molar-refractivity contribution in [3.63, 3.8) is 0 Å². The van der Waals surface area contributed by atoms with Gasteiger partial charge in [-0.25, -0.2) is 8.42 Å².